The van der Waals surface area contributed by atoms with Crippen molar-refractivity contribution < 1.29 is 28.5 Å². The maximum absolute atomic E-state index is 14.3. The molecule has 1 aliphatic heterocycles. The van der Waals surface area contributed by atoms with Crippen LogP contribution < -0.4 is 10.1 Å². The third-order valence-corrected chi connectivity index (χ3v) is 3.68. The van der Waals surface area contributed by atoms with Crippen LogP contribution >= 0.6 is 0 Å². The zero-order valence-corrected chi connectivity index (χ0v) is 12.8. The molecule has 1 atom stereocenters. The summed E-state index contributed by atoms with van der Waals surface area (Å²) in [6.45, 7) is 1.80. The molecule has 0 unspecified atom stereocenters. The van der Waals surface area contributed by atoms with Gasteiger partial charge >= 0.3 is 5.97 Å². The largest absolute Gasteiger partial charge is 0.504 e. The maximum Gasteiger partial charge on any atom is 0.308 e. The standard InChI is InChI=1S/C15H20F2N2O4/c1-10(21)23-13-3-2-11(8-12(13)22)14(15(16,17)9-20)19-6-4-18-5-7-19/h2-3,8,14,18,20,22H,4-7,9H2,1H3/t14-/m0/s1. The summed E-state index contributed by atoms with van der Waals surface area (Å²) in [6.07, 6.45) is 0. The highest BCUT2D eigenvalue weighted by atomic mass is 19.3. The summed E-state index contributed by atoms with van der Waals surface area (Å²) in [5, 5.41) is 22.1. The lowest BCUT2D eigenvalue weighted by atomic mass is 9.97. The van der Waals surface area contributed by atoms with Crippen molar-refractivity contribution in [3.8, 4) is 11.5 Å². The van der Waals surface area contributed by atoms with Crippen LogP contribution in [0.3, 0.4) is 0 Å². The number of carbonyl (C=O) groups is 1. The fraction of sp³-hybridized carbons (Fsp3) is 0.533. The van der Waals surface area contributed by atoms with E-state index in [9.17, 15) is 18.7 Å². The zero-order chi connectivity index (χ0) is 17.0. The number of piperazine rings is 1. The van der Waals surface area contributed by atoms with Crippen molar-refractivity contribution in [1.29, 1.82) is 0 Å². The van der Waals surface area contributed by atoms with Crippen LogP contribution in [0, 0.1) is 0 Å². The van der Waals surface area contributed by atoms with Gasteiger partial charge < -0.3 is 20.3 Å². The molecule has 0 saturated carbocycles. The molecule has 23 heavy (non-hydrogen) atoms. The van der Waals surface area contributed by atoms with Gasteiger partial charge in [0.2, 0.25) is 0 Å². The summed E-state index contributed by atoms with van der Waals surface area (Å²) in [7, 11) is 0. The second-order valence-electron chi connectivity index (χ2n) is 5.43. The first kappa shape index (κ1) is 17.6. The highest BCUT2D eigenvalue weighted by molar-refractivity contribution is 5.70. The van der Waals surface area contributed by atoms with Crippen molar-refractivity contribution in [2.24, 2.45) is 0 Å². The molecule has 2 rings (SSSR count). The number of aliphatic hydroxyl groups is 1. The molecular weight excluding hydrogens is 310 g/mol. The Kier molecular flexibility index (Phi) is 5.51. The molecule has 1 heterocycles. The third-order valence-electron chi connectivity index (χ3n) is 3.68. The minimum absolute atomic E-state index is 0.0902. The number of hydrogen-bond donors (Lipinski definition) is 3. The number of nitrogens with one attached hydrogen (secondary N) is 1. The van der Waals surface area contributed by atoms with Gasteiger partial charge in [-0.25, -0.2) is 8.78 Å². The van der Waals surface area contributed by atoms with E-state index in [0.717, 1.165) is 6.07 Å². The summed E-state index contributed by atoms with van der Waals surface area (Å²) >= 11 is 0. The van der Waals surface area contributed by atoms with Gasteiger partial charge in [0.05, 0.1) is 0 Å². The summed E-state index contributed by atoms with van der Waals surface area (Å²) in [4.78, 5) is 12.5. The first-order valence-electron chi connectivity index (χ1n) is 7.30. The monoisotopic (exact) mass is 330 g/mol. The third kappa shape index (κ3) is 4.15. The van der Waals surface area contributed by atoms with Crippen LogP contribution in [-0.4, -0.2) is 59.8 Å². The zero-order valence-electron chi connectivity index (χ0n) is 12.8. The number of carbonyl (C=O) groups excluding carboxylic acids is 1. The Morgan fingerprint density at radius 1 is 1.43 bits per heavy atom. The molecule has 1 aromatic carbocycles. The average Bonchev–Trinajstić information content (AvgIpc) is 2.50. The number of phenols is 1. The summed E-state index contributed by atoms with van der Waals surface area (Å²) in [6, 6.07) is 2.42. The summed E-state index contributed by atoms with van der Waals surface area (Å²) in [5.41, 5.74) is 0.152. The molecule has 1 saturated heterocycles. The normalized spacial score (nSPS) is 17.7. The van der Waals surface area contributed by atoms with Crippen LogP contribution in [0.15, 0.2) is 18.2 Å². The predicted octanol–water partition coefficient (Wildman–Crippen LogP) is 0.891. The second kappa shape index (κ2) is 7.20. The van der Waals surface area contributed by atoms with Gasteiger partial charge in [0.1, 0.15) is 12.6 Å². The molecule has 0 aliphatic carbocycles. The lowest BCUT2D eigenvalue weighted by Gasteiger charge is -2.38. The van der Waals surface area contributed by atoms with Crippen LogP contribution in [0.2, 0.25) is 0 Å². The van der Waals surface area contributed by atoms with Crippen molar-refractivity contribution in [3.63, 3.8) is 0 Å². The van der Waals surface area contributed by atoms with E-state index in [4.69, 9.17) is 9.84 Å². The van der Waals surface area contributed by atoms with Crippen LogP contribution in [0.25, 0.3) is 0 Å². The Labute approximate surface area is 132 Å². The molecule has 1 aliphatic rings. The Hall–Kier alpha value is -1.77. The van der Waals surface area contributed by atoms with E-state index in [-0.39, 0.29) is 11.3 Å². The van der Waals surface area contributed by atoms with Crippen molar-refractivity contribution in [2.75, 3.05) is 32.8 Å². The summed E-state index contributed by atoms with van der Waals surface area (Å²) < 4.78 is 33.3. The smallest absolute Gasteiger partial charge is 0.308 e. The van der Waals surface area contributed by atoms with Gasteiger partial charge in [-0.2, -0.15) is 0 Å². The topological polar surface area (TPSA) is 82.0 Å². The van der Waals surface area contributed by atoms with E-state index < -0.39 is 30.3 Å². The molecule has 6 nitrogen and oxygen atoms in total. The number of aromatic hydroxyl groups is 1. The number of alkyl halides is 2. The first-order chi connectivity index (χ1) is 10.8. The van der Waals surface area contributed by atoms with E-state index in [1.54, 1.807) is 4.90 Å². The van der Waals surface area contributed by atoms with Gasteiger partial charge in [-0.15, -0.1) is 0 Å². The van der Waals surface area contributed by atoms with E-state index in [1.807, 2.05) is 0 Å². The number of phenolic OH excluding ortho intramolecular Hbond substituents is 1. The van der Waals surface area contributed by atoms with Crippen molar-refractivity contribution in [2.45, 2.75) is 18.9 Å². The quantitative estimate of drug-likeness (QED) is 0.549. The van der Waals surface area contributed by atoms with E-state index in [2.05, 4.69) is 5.32 Å². The second-order valence-corrected chi connectivity index (χ2v) is 5.43. The number of aliphatic hydroxyl groups excluding tert-OH is 1. The molecule has 128 valence electrons. The number of benzene rings is 1. The highest BCUT2D eigenvalue weighted by Gasteiger charge is 2.44. The molecule has 3 N–H and O–H groups in total. The Morgan fingerprint density at radius 3 is 2.61 bits per heavy atom. The fourth-order valence-corrected chi connectivity index (χ4v) is 2.69. The number of ether oxygens (including phenoxy) is 1. The average molecular weight is 330 g/mol. The van der Waals surface area contributed by atoms with Crippen molar-refractivity contribution in [3.05, 3.63) is 23.8 Å². The van der Waals surface area contributed by atoms with Crippen LogP contribution in [0.1, 0.15) is 18.5 Å². The molecule has 0 bridgehead atoms. The molecule has 1 aromatic rings. The molecular formula is C15H20F2N2O4. The minimum Gasteiger partial charge on any atom is -0.504 e. The van der Waals surface area contributed by atoms with E-state index in [1.165, 1.54) is 19.1 Å². The Bertz CT molecular complexity index is 562. The van der Waals surface area contributed by atoms with Gasteiger partial charge in [-0.05, 0) is 17.7 Å². The van der Waals surface area contributed by atoms with Gasteiger partial charge in [0.15, 0.2) is 11.5 Å². The number of esters is 1. The number of hydrogen-bond acceptors (Lipinski definition) is 6. The van der Waals surface area contributed by atoms with E-state index >= 15 is 0 Å². The van der Waals surface area contributed by atoms with Crippen LogP contribution in [-0.2, 0) is 4.79 Å². The van der Waals surface area contributed by atoms with Gasteiger partial charge in [-0.3, -0.25) is 9.69 Å². The predicted molar refractivity (Wildman–Crippen MR) is 78.6 cm³/mol. The summed E-state index contributed by atoms with van der Waals surface area (Å²) in [5.74, 6) is -4.47. The number of halogens is 2. The fourth-order valence-electron chi connectivity index (χ4n) is 2.69. The molecule has 8 heteroatoms. The van der Waals surface area contributed by atoms with Gasteiger partial charge in [-0.1, -0.05) is 6.07 Å². The van der Waals surface area contributed by atoms with Crippen molar-refractivity contribution in [1.82, 2.24) is 10.2 Å². The molecule has 1 fully saturated rings. The molecule has 0 radical (unpaired) electrons. The molecule has 0 aromatic heterocycles. The highest BCUT2D eigenvalue weighted by Crippen LogP contribution is 2.39. The van der Waals surface area contributed by atoms with E-state index in [0.29, 0.717) is 26.2 Å². The maximum atomic E-state index is 14.3. The number of nitrogens with zero attached hydrogens (tertiary/aromatic N) is 1. The Balaban J connectivity index is 2.35. The van der Waals surface area contributed by atoms with Gasteiger partial charge in [0.25, 0.3) is 5.92 Å². The number of rotatable bonds is 5. The first-order valence-corrected chi connectivity index (χ1v) is 7.30. The lowest BCUT2D eigenvalue weighted by molar-refractivity contribution is -0.132. The molecule has 0 spiro atoms. The SMILES string of the molecule is CC(=O)Oc1ccc([C@H](N2CCNCC2)C(F)(F)CO)cc1O. The molecule has 0 amide bonds. The van der Waals surface area contributed by atoms with Crippen LogP contribution in [0.4, 0.5) is 8.78 Å². The van der Waals surface area contributed by atoms with Crippen LogP contribution in [0.5, 0.6) is 11.5 Å². The van der Waals surface area contributed by atoms with Gasteiger partial charge in [0, 0.05) is 33.1 Å². The lowest BCUT2D eigenvalue weighted by Crippen LogP contribution is -2.51. The minimum atomic E-state index is -3.37. The van der Waals surface area contributed by atoms with Crippen molar-refractivity contribution >= 4 is 5.97 Å². The Morgan fingerprint density at radius 2 is 2.09 bits per heavy atom.